The van der Waals surface area contributed by atoms with Gasteiger partial charge in [0, 0.05) is 18.6 Å². The van der Waals surface area contributed by atoms with Crippen molar-refractivity contribution in [2.75, 3.05) is 13.1 Å². The van der Waals surface area contributed by atoms with Crippen molar-refractivity contribution in [2.45, 2.75) is 44.8 Å². The molecule has 112 valence electrons. The van der Waals surface area contributed by atoms with E-state index in [4.69, 9.17) is 4.98 Å². The number of hydrogen-bond donors (Lipinski definition) is 1. The van der Waals surface area contributed by atoms with E-state index in [1.165, 1.54) is 42.1 Å². The number of aromatic nitrogens is 1. The Labute approximate surface area is 130 Å². The van der Waals surface area contributed by atoms with Crippen molar-refractivity contribution < 1.29 is 0 Å². The molecule has 1 saturated heterocycles. The Morgan fingerprint density at radius 3 is 2.95 bits per heavy atom. The predicted octanol–water partition coefficient (Wildman–Crippen LogP) is 3.26. The molecule has 4 heteroatoms. The molecule has 1 saturated carbocycles. The minimum Gasteiger partial charge on any atom is -0.312 e. The number of nitrogens with zero attached hydrogens (tertiary/aromatic N) is 2. The van der Waals surface area contributed by atoms with Crippen LogP contribution in [0.3, 0.4) is 0 Å². The monoisotopic (exact) mass is 301 g/mol. The van der Waals surface area contributed by atoms with Crippen molar-refractivity contribution in [3.63, 3.8) is 0 Å². The smallest absolute Gasteiger partial charge is 0.108 e. The third-order valence-electron chi connectivity index (χ3n) is 4.89. The van der Waals surface area contributed by atoms with Crippen LogP contribution < -0.4 is 5.32 Å². The van der Waals surface area contributed by atoms with Crippen LogP contribution in [0.25, 0.3) is 10.2 Å². The van der Waals surface area contributed by atoms with Gasteiger partial charge in [-0.25, -0.2) is 4.98 Å². The summed E-state index contributed by atoms with van der Waals surface area (Å²) in [5.74, 6) is 0.924. The van der Waals surface area contributed by atoms with Crippen LogP contribution in [0.4, 0.5) is 0 Å². The molecule has 2 unspecified atom stereocenters. The molecule has 1 aromatic carbocycles. The van der Waals surface area contributed by atoms with Gasteiger partial charge in [0.1, 0.15) is 5.01 Å². The lowest BCUT2D eigenvalue weighted by molar-refractivity contribution is 0.190. The van der Waals surface area contributed by atoms with Gasteiger partial charge in [0.2, 0.25) is 0 Å². The van der Waals surface area contributed by atoms with E-state index in [1.54, 1.807) is 0 Å². The highest BCUT2D eigenvalue weighted by Crippen LogP contribution is 2.34. The summed E-state index contributed by atoms with van der Waals surface area (Å²) >= 11 is 1.85. The fourth-order valence-electron chi connectivity index (χ4n) is 3.35. The molecule has 3 nitrogen and oxygen atoms in total. The summed E-state index contributed by atoms with van der Waals surface area (Å²) in [6, 6.07) is 9.82. The van der Waals surface area contributed by atoms with Crippen LogP contribution in [0.2, 0.25) is 0 Å². The highest BCUT2D eigenvalue weighted by molar-refractivity contribution is 7.18. The number of rotatable bonds is 3. The topological polar surface area (TPSA) is 28.2 Å². The molecule has 2 fully saturated rings. The standard InChI is InChI=1S/C17H23N3S/c1-12-8-9-18-15(13-6-7-13)10-20(12)11-17-19-14-4-2-3-5-16(14)21-17/h2-5,12-13,15,18H,6-11H2,1H3. The van der Waals surface area contributed by atoms with Gasteiger partial charge in [-0.2, -0.15) is 0 Å². The maximum Gasteiger partial charge on any atom is 0.108 e. The zero-order chi connectivity index (χ0) is 14.2. The third-order valence-corrected chi connectivity index (χ3v) is 5.91. The van der Waals surface area contributed by atoms with Crippen LogP contribution in [0, 0.1) is 5.92 Å². The number of fused-ring (bicyclic) bond motifs is 1. The normalized spacial score (nSPS) is 27.9. The summed E-state index contributed by atoms with van der Waals surface area (Å²) in [5.41, 5.74) is 1.15. The fourth-order valence-corrected chi connectivity index (χ4v) is 4.35. The number of benzene rings is 1. The minimum atomic E-state index is 0.647. The Bertz CT molecular complexity index is 586. The second-order valence-electron chi connectivity index (χ2n) is 6.54. The first-order chi connectivity index (χ1) is 10.3. The molecule has 1 aromatic heterocycles. The Kier molecular flexibility index (Phi) is 3.69. The summed E-state index contributed by atoms with van der Waals surface area (Å²) in [4.78, 5) is 7.45. The molecule has 1 N–H and O–H groups in total. The van der Waals surface area contributed by atoms with Crippen LogP contribution in [0.1, 0.15) is 31.2 Å². The summed E-state index contributed by atoms with van der Waals surface area (Å²) < 4.78 is 1.31. The van der Waals surface area contributed by atoms with Crippen molar-refractivity contribution in [1.82, 2.24) is 15.2 Å². The lowest BCUT2D eigenvalue weighted by Gasteiger charge is -2.28. The number of hydrogen-bond acceptors (Lipinski definition) is 4. The van der Waals surface area contributed by atoms with Gasteiger partial charge >= 0.3 is 0 Å². The molecule has 2 atom stereocenters. The Morgan fingerprint density at radius 2 is 2.14 bits per heavy atom. The van der Waals surface area contributed by atoms with Crippen molar-refractivity contribution >= 4 is 21.6 Å². The quantitative estimate of drug-likeness (QED) is 0.943. The minimum absolute atomic E-state index is 0.647. The van der Waals surface area contributed by atoms with Crippen molar-refractivity contribution in [3.05, 3.63) is 29.3 Å². The largest absolute Gasteiger partial charge is 0.312 e. The van der Waals surface area contributed by atoms with E-state index < -0.39 is 0 Å². The van der Waals surface area contributed by atoms with Gasteiger partial charge in [-0.15, -0.1) is 11.3 Å². The van der Waals surface area contributed by atoms with Gasteiger partial charge in [0.05, 0.1) is 16.8 Å². The SMILES string of the molecule is CC1CCNC(C2CC2)CN1Cc1nc2ccccc2s1. The first-order valence-electron chi connectivity index (χ1n) is 8.11. The first-order valence-corrected chi connectivity index (χ1v) is 8.93. The molecule has 21 heavy (non-hydrogen) atoms. The van der Waals surface area contributed by atoms with Crippen LogP contribution >= 0.6 is 11.3 Å². The van der Waals surface area contributed by atoms with Gasteiger partial charge in [-0.1, -0.05) is 12.1 Å². The van der Waals surface area contributed by atoms with E-state index in [-0.39, 0.29) is 0 Å². The highest BCUT2D eigenvalue weighted by Gasteiger charge is 2.34. The van der Waals surface area contributed by atoms with E-state index in [0.717, 1.165) is 18.0 Å². The molecule has 4 rings (SSSR count). The average Bonchev–Trinajstić information content (AvgIpc) is 3.25. The highest BCUT2D eigenvalue weighted by atomic mass is 32.1. The second kappa shape index (κ2) is 5.67. The fraction of sp³-hybridized carbons (Fsp3) is 0.588. The summed E-state index contributed by atoms with van der Waals surface area (Å²) in [6.45, 7) is 5.72. The Balaban J connectivity index is 1.52. The van der Waals surface area contributed by atoms with E-state index in [1.807, 2.05) is 11.3 Å². The van der Waals surface area contributed by atoms with Crippen LogP contribution in [0.15, 0.2) is 24.3 Å². The van der Waals surface area contributed by atoms with Crippen molar-refractivity contribution in [2.24, 2.45) is 5.92 Å². The molecule has 0 spiro atoms. The first kappa shape index (κ1) is 13.7. The third kappa shape index (κ3) is 2.98. The maximum atomic E-state index is 4.81. The van der Waals surface area contributed by atoms with E-state index >= 15 is 0 Å². The van der Waals surface area contributed by atoms with E-state index in [0.29, 0.717) is 12.1 Å². The predicted molar refractivity (Wildman–Crippen MR) is 88.6 cm³/mol. The number of nitrogens with one attached hydrogen (secondary N) is 1. The van der Waals surface area contributed by atoms with E-state index in [2.05, 4.69) is 41.4 Å². The molecule has 1 aliphatic heterocycles. The summed E-state index contributed by atoms with van der Waals surface area (Å²) in [5, 5.41) is 5.02. The molecule has 0 amide bonds. The molecule has 2 aromatic rings. The molecular formula is C17H23N3S. The zero-order valence-corrected chi connectivity index (χ0v) is 13.4. The number of para-hydroxylation sites is 1. The maximum absolute atomic E-state index is 4.81. The van der Waals surface area contributed by atoms with Crippen LogP contribution in [-0.2, 0) is 6.54 Å². The van der Waals surface area contributed by atoms with Crippen molar-refractivity contribution in [1.29, 1.82) is 0 Å². The molecule has 0 radical (unpaired) electrons. The molecule has 2 heterocycles. The van der Waals surface area contributed by atoms with Gasteiger partial charge in [-0.3, -0.25) is 4.90 Å². The Morgan fingerprint density at radius 1 is 1.29 bits per heavy atom. The molecule has 2 aliphatic rings. The molecule has 1 aliphatic carbocycles. The van der Waals surface area contributed by atoms with Crippen LogP contribution in [-0.4, -0.2) is 35.1 Å². The number of thiazole rings is 1. The summed E-state index contributed by atoms with van der Waals surface area (Å²) in [7, 11) is 0. The lowest BCUT2D eigenvalue weighted by atomic mass is 10.1. The zero-order valence-electron chi connectivity index (χ0n) is 12.6. The lowest BCUT2D eigenvalue weighted by Crippen LogP contribution is -2.40. The average molecular weight is 301 g/mol. The van der Waals surface area contributed by atoms with E-state index in [9.17, 15) is 0 Å². The van der Waals surface area contributed by atoms with Gasteiger partial charge < -0.3 is 5.32 Å². The van der Waals surface area contributed by atoms with Gasteiger partial charge in [0.25, 0.3) is 0 Å². The van der Waals surface area contributed by atoms with Crippen LogP contribution in [0.5, 0.6) is 0 Å². The van der Waals surface area contributed by atoms with Gasteiger partial charge in [0.15, 0.2) is 0 Å². The van der Waals surface area contributed by atoms with Gasteiger partial charge in [-0.05, 0) is 50.8 Å². The molecule has 0 bridgehead atoms. The summed E-state index contributed by atoms with van der Waals surface area (Å²) in [6.07, 6.45) is 4.08. The van der Waals surface area contributed by atoms with Crippen molar-refractivity contribution in [3.8, 4) is 0 Å². The second-order valence-corrected chi connectivity index (χ2v) is 7.66. The Hall–Kier alpha value is -0.970. The molecular weight excluding hydrogens is 278 g/mol.